The van der Waals surface area contributed by atoms with E-state index in [0.717, 1.165) is 51.1 Å². The highest BCUT2D eigenvalue weighted by Gasteiger charge is 2.67. The van der Waals surface area contributed by atoms with Crippen LogP contribution in [0.15, 0.2) is 0 Å². The van der Waals surface area contributed by atoms with Gasteiger partial charge in [-0.2, -0.15) is 0 Å². The maximum atomic E-state index is 6.49. The zero-order valence-electron chi connectivity index (χ0n) is 23.7. The van der Waals surface area contributed by atoms with Gasteiger partial charge in [-0.15, -0.1) is 0 Å². The third kappa shape index (κ3) is 7.62. The lowest BCUT2D eigenvalue weighted by molar-refractivity contribution is -0.0957. The molecule has 4 atom stereocenters. The van der Waals surface area contributed by atoms with Crippen molar-refractivity contribution in [3.63, 3.8) is 0 Å². The van der Waals surface area contributed by atoms with E-state index in [2.05, 4.69) is 52.4 Å². The minimum Gasteiger partial charge on any atom is -0.456 e. The molecule has 0 aromatic rings. The first-order chi connectivity index (χ1) is 15.9. The summed E-state index contributed by atoms with van der Waals surface area (Å²) in [6, 6.07) is 2.42. The number of fused-ring (bicyclic) bond motifs is 5. The van der Waals surface area contributed by atoms with Crippen LogP contribution in [0.3, 0.4) is 0 Å². The maximum absolute atomic E-state index is 6.49. The Morgan fingerprint density at radius 2 is 1.32 bits per heavy atom. The molecule has 0 amide bonds. The van der Waals surface area contributed by atoms with Gasteiger partial charge in [0.1, 0.15) is 0 Å². The molecular weight excluding hydrogens is 489 g/mol. The third-order valence-electron chi connectivity index (χ3n) is 8.45. The summed E-state index contributed by atoms with van der Waals surface area (Å²) >= 11 is 0. The molecule has 3 aliphatic rings. The van der Waals surface area contributed by atoms with Crippen molar-refractivity contribution in [3.05, 3.63) is 0 Å². The van der Waals surface area contributed by atoms with Crippen molar-refractivity contribution in [1.82, 2.24) is 0 Å². The Morgan fingerprint density at radius 1 is 0.765 bits per heavy atom. The normalized spacial score (nSPS) is 31.2. The van der Waals surface area contributed by atoms with Crippen molar-refractivity contribution >= 4 is 34.7 Å². The van der Waals surface area contributed by atoms with Gasteiger partial charge in [0.2, 0.25) is 0 Å². The van der Waals surface area contributed by atoms with Crippen LogP contribution in [0.5, 0.6) is 0 Å². The van der Waals surface area contributed by atoms with Gasteiger partial charge in [0, 0.05) is 24.0 Å². The van der Waals surface area contributed by atoms with Gasteiger partial charge in [-0.1, -0.05) is 6.42 Å². The lowest BCUT2D eigenvalue weighted by Crippen LogP contribution is -2.47. The summed E-state index contributed by atoms with van der Waals surface area (Å²) in [5, 5.41) is 0. The summed E-state index contributed by atoms with van der Waals surface area (Å²) in [6.07, 6.45) is 10.7. The topological polar surface area (TPSA) is 36.9 Å². The van der Waals surface area contributed by atoms with E-state index < -0.39 is 34.7 Å². The predicted octanol–water partition coefficient (Wildman–Crippen LogP) is 7.33. The minimum atomic E-state index is -1.40. The van der Waals surface area contributed by atoms with Gasteiger partial charge in [0.05, 0.1) is 13.2 Å². The maximum Gasteiger partial charge on any atom is 0.194 e. The van der Waals surface area contributed by atoms with Crippen molar-refractivity contribution in [2.24, 2.45) is 22.7 Å². The summed E-state index contributed by atoms with van der Waals surface area (Å²) in [7, 11) is -4.12. The van der Waals surface area contributed by atoms with E-state index in [-0.39, 0.29) is 0 Å². The fourth-order valence-electron chi connectivity index (χ4n) is 7.53. The molecule has 198 valence electrons. The van der Waals surface area contributed by atoms with E-state index >= 15 is 0 Å². The van der Waals surface area contributed by atoms with Gasteiger partial charge >= 0.3 is 0 Å². The smallest absolute Gasteiger partial charge is 0.194 e. The van der Waals surface area contributed by atoms with E-state index in [1.54, 1.807) is 0 Å². The Morgan fingerprint density at radius 3 is 1.88 bits per heavy atom. The molecule has 3 saturated carbocycles. The molecule has 0 aromatic carbocycles. The van der Waals surface area contributed by atoms with Gasteiger partial charge in [-0.3, -0.25) is 0 Å². The Bertz CT molecular complexity index is 637. The average molecular weight is 543 g/mol. The van der Waals surface area contributed by atoms with E-state index in [9.17, 15) is 0 Å². The van der Waals surface area contributed by atoms with Gasteiger partial charge < -0.3 is 17.7 Å². The number of ether oxygens (including phenoxy) is 2. The van der Waals surface area contributed by atoms with Gasteiger partial charge in [-0.25, -0.2) is 0 Å². The van der Waals surface area contributed by atoms with Gasteiger partial charge in [-0.05, 0) is 121 Å². The van der Waals surface area contributed by atoms with E-state index in [0.29, 0.717) is 10.8 Å². The van der Waals surface area contributed by atoms with Crippen LogP contribution in [-0.2, 0) is 17.7 Å². The molecule has 3 rings (SSSR count). The summed E-state index contributed by atoms with van der Waals surface area (Å²) in [5.41, 5.74) is 0.777. The van der Waals surface area contributed by atoms with Crippen molar-refractivity contribution in [2.75, 3.05) is 26.4 Å². The zero-order chi connectivity index (χ0) is 25.0. The first-order valence-electron chi connectivity index (χ1n) is 14.0. The molecule has 0 heterocycles. The molecular formula is C26H54O4Si4. The SMILES string of the molecule is C[Si](CCCOCC12CCC(C1)C1CCCC12COCCC[Si](C)O[Si](C)(C)C)O[Si](C)(C)C. The quantitative estimate of drug-likeness (QED) is 0.151. The third-order valence-corrected chi connectivity index (χ3v) is 18.3. The van der Waals surface area contributed by atoms with Crippen LogP contribution in [-0.4, -0.2) is 61.1 Å². The number of hydrogen-bond acceptors (Lipinski definition) is 4. The lowest BCUT2D eigenvalue weighted by atomic mass is 9.60. The molecule has 0 spiro atoms. The first-order valence-corrected chi connectivity index (χ1v) is 25.1. The Balaban J connectivity index is 1.44. The van der Waals surface area contributed by atoms with E-state index in [1.165, 1.54) is 50.6 Å². The molecule has 3 fully saturated rings. The van der Waals surface area contributed by atoms with Crippen molar-refractivity contribution < 1.29 is 17.7 Å². The van der Waals surface area contributed by atoms with Crippen LogP contribution in [0.1, 0.15) is 51.4 Å². The largest absolute Gasteiger partial charge is 0.456 e. The molecule has 0 aromatic heterocycles. The van der Waals surface area contributed by atoms with Crippen molar-refractivity contribution in [2.45, 2.75) is 116 Å². The molecule has 4 nitrogen and oxygen atoms in total. The Labute approximate surface area is 217 Å². The Kier molecular flexibility index (Phi) is 10.4. The van der Waals surface area contributed by atoms with Crippen molar-refractivity contribution in [1.29, 1.82) is 0 Å². The Hall–Kier alpha value is 0.708. The average Bonchev–Trinajstić information content (AvgIpc) is 3.35. The second kappa shape index (κ2) is 12.0. The molecule has 2 bridgehead atoms. The summed E-state index contributed by atoms with van der Waals surface area (Å²) in [5.74, 6) is 1.82. The van der Waals surface area contributed by atoms with Crippen LogP contribution in [0.2, 0.25) is 64.5 Å². The van der Waals surface area contributed by atoms with Crippen LogP contribution in [0.25, 0.3) is 0 Å². The zero-order valence-corrected chi connectivity index (χ0v) is 27.7. The van der Waals surface area contributed by atoms with Crippen LogP contribution in [0, 0.1) is 22.7 Å². The molecule has 0 N–H and O–H groups in total. The molecule has 8 heteroatoms. The lowest BCUT2D eigenvalue weighted by Gasteiger charge is -2.48. The molecule has 0 saturated heterocycles. The van der Waals surface area contributed by atoms with Crippen LogP contribution < -0.4 is 0 Å². The summed E-state index contributed by atoms with van der Waals surface area (Å²) in [6.45, 7) is 22.2. The molecule has 3 aliphatic carbocycles. The molecule has 4 unspecified atom stereocenters. The van der Waals surface area contributed by atoms with E-state index in [4.69, 9.17) is 17.7 Å². The molecule has 2 radical (unpaired) electrons. The summed E-state index contributed by atoms with van der Waals surface area (Å²) < 4.78 is 25.6. The number of hydrogen-bond donors (Lipinski definition) is 0. The minimum absolute atomic E-state index is 0.383. The monoisotopic (exact) mass is 542 g/mol. The second-order valence-electron chi connectivity index (χ2n) is 13.6. The van der Waals surface area contributed by atoms with Gasteiger partial charge in [0.25, 0.3) is 0 Å². The highest BCUT2D eigenvalue weighted by Crippen LogP contribution is 2.72. The fourth-order valence-corrected chi connectivity index (χ4v) is 18.0. The first kappa shape index (κ1) is 29.3. The standard InChI is InChI=1S/C26H54O4Si4/c1-31(29-33(3,4)5)18-10-16-27-21-25-15-13-23(20-25)24-12-9-14-26(24,25)22-28-17-11-19-32(2)30-34(6,7)8/h23-24H,9-22H2,1-8H3. The summed E-state index contributed by atoms with van der Waals surface area (Å²) in [4.78, 5) is 0. The number of rotatable bonds is 16. The van der Waals surface area contributed by atoms with E-state index in [1.807, 2.05) is 0 Å². The fraction of sp³-hybridized carbons (Fsp3) is 1.00. The van der Waals surface area contributed by atoms with Crippen molar-refractivity contribution in [3.8, 4) is 0 Å². The predicted molar refractivity (Wildman–Crippen MR) is 152 cm³/mol. The van der Waals surface area contributed by atoms with Gasteiger partial charge in [0.15, 0.2) is 34.7 Å². The highest BCUT2D eigenvalue weighted by molar-refractivity contribution is 6.77. The van der Waals surface area contributed by atoms with Crippen LogP contribution in [0.4, 0.5) is 0 Å². The molecule has 0 aliphatic heterocycles. The second-order valence-corrected chi connectivity index (χ2v) is 27.5. The highest BCUT2D eigenvalue weighted by atomic mass is 28.4. The molecule has 34 heavy (non-hydrogen) atoms. The van der Waals surface area contributed by atoms with Crippen LogP contribution >= 0.6 is 0 Å².